The number of hydrogen-bond acceptors (Lipinski definition) is 9. The first-order valence-electron chi connectivity index (χ1n) is 12.1. The van der Waals surface area contributed by atoms with Crippen molar-refractivity contribution in [2.45, 2.75) is 44.6 Å². The molecule has 0 spiro atoms. The smallest absolute Gasteiger partial charge is 0.262 e. The quantitative estimate of drug-likeness (QED) is 0.353. The number of hydrogen-bond donors (Lipinski definition) is 0. The van der Waals surface area contributed by atoms with Crippen LogP contribution in [0.25, 0.3) is 0 Å². The first-order chi connectivity index (χ1) is 17.1. The number of anilines is 1. The van der Waals surface area contributed by atoms with E-state index in [1.54, 1.807) is 18.8 Å². The summed E-state index contributed by atoms with van der Waals surface area (Å²) in [5, 5.41) is 0. The van der Waals surface area contributed by atoms with Crippen molar-refractivity contribution in [3.8, 4) is 17.4 Å². The van der Waals surface area contributed by atoms with Gasteiger partial charge in [0.25, 0.3) is 5.88 Å². The lowest BCUT2D eigenvalue weighted by molar-refractivity contribution is 0.0979. The fourth-order valence-electron chi connectivity index (χ4n) is 4.27. The molecule has 2 aliphatic rings. The molecule has 9 heteroatoms. The van der Waals surface area contributed by atoms with E-state index in [2.05, 4.69) is 26.8 Å². The number of carbonyl (C=O) groups is 1. The van der Waals surface area contributed by atoms with Crippen LogP contribution in [0.5, 0.6) is 17.4 Å². The summed E-state index contributed by atoms with van der Waals surface area (Å²) in [6.45, 7) is 4.26. The Labute approximate surface area is 209 Å². The van der Waals surface area contributed by atoms with Gasteiger partial charge < -0.3 is 19.1 Å². The van der Waals surface area contributed by atoms with Crippen LogP contribution in [0, 0.1) is 5.92 Å². The third-order valence-electron chi connectivity index (χ3n) is 6.50. The van der Waals surface area contributed by atoms with Gasteiger partial charge in [0, 0.05) is 25.6 Å². The van der Waals surface area contributed by atoms with E-state index in [0.29, 0.717) is 42.0 Å². The number of benzene rings is 1. The zero-order valence-electron chi connectivity index (χ0n) is 20.1. The highest BCUT2D eigenvalue weighted by atomic mass is 32.1. The van der Waals surface area contributed by atoms with E-state index in [-0.39, 0.29) is 17.8 Å². The summed E-state index contributed by atoms with van der Waals surface area (Å²) in [5.74, 6) is 3.55. The summed E-state index contributed by atoms with van der Waals surface area (Å²) < 4.78 is 17.8. The van der Waals surface area contributed by atoms with Crippen LogP contribution in [0.4, 0.5) is 5.82 Å². The molecule has 5 rings (SSSR count). The van der Waals surface area contributed by atoms with Gasteiger partial charge in [0.1, 0.15) is 18.2 Å². The minimum Gasteiger partial charge on any atom is -0.489 e. The van der Waals surface area contributed by atoms with Gasteiger partial charge >= 0.3 is 0 Å². The maximum atomic E-state index is 12.4. The topological polar surface area (TPSA) is 86.7 Å². The molecule has 3 heterocycles. The molecule has 0 amide bonds. The molecular weight excluding hydrogens is 464 g/mol. The summed E-state index contributed by atoms with van der Waals surface area (Å²) in [6, 6.07) is 8.06. The van der Waals surface area contributed by atoms with Gasteiger partial charge in [-0.2, -0.15) is 4.98 Å². The molecule has 0 N–H and O–H groups in total. The van der Waals surface area contributed by atoms with E-state index < -0.39 is 0 Å². The minimum atomic E-state index is 0.0432. The Balaban J connectivity index is 1.17. The molecule has 184 valence electrons. The van der Waals surface area contributed by atoms with Crippen molar-refractivity contribution >= 4 is 22.9 Å². The van der Waals surface area contributed by atoms with Crippen molar-refractivity contribution in [2.24, 2.45) is 5.92 Å². The van der Waals surface area contributed by atoms with E-state index in [9.17, 15) is 4.79 Å². The molecule has 1 saturated carbocycles. The fourth-order valence-corrected chi connectivity index (χ4v) is 4.84. The van der Waals surface area contributed by atoms with Gasteiger partial charge in [0.15, 0.2) is 11.6 Å². The number of aromatic nitrogens is 3. The second kappa shape index (κ2) is 10.6. The third kappa shape index (κ3) is 5.73. The van der Waals surface area contributed by atoms with E-state index in [1.807, 2.05) is 24.3 Å². The summed E-state index contributed by atoms with van der Waals surface area (Å²) in [5.41, 5.74) is 2.81. The molecule has 1 aliphatic heterocycles. The maximum absolute atomic E-state index is 12.4. The number of ether oxygens (including phenoxy) is 3. The van der Waals surface area contributed by atoms with Gasteiger partial charge in [0.2, 0.25) is 5.75 Å². The highest BCUT2D eigenvalue weighted by Crippen LogP contribution is 2.37. The average molecular weight is 495 g/mol. The van der Waals surface area contributed by atoms with Gasteiger partial charge in [-0.15, -0.1) is 11.3 Å². The van der Waals surface area contributed by atoms with Crippen molar-refractivity contribution < 1.29 is 19.0 Å². The zero-order valence-corrected chi connectivity index (χ0v) is 20.9. The van der Waals surface area contributed by atoms with Crippen LogP contribution in [0.3, 0.4) is 0 Å². The van der Waals surface area contributed by atoms with Crippen LogP contribution in [-0.4, -0.2) is 53.6 Å². The lowest BCUT2D eigenvalue weighted by atomic mass is 9.95. The van der Waals surface area contributed by atoms with Crippen molar-refractivity contribution in [3.63, 3.8) is 0 Å². The van der Waals surface area contributed by atoms with Crippen molar-refractivity contribution in [2.75, 3.05) is 31.7 Å². The van der Waals surface area contributed by atoms with Crippen LogP contribution >= 0.6 is 11.3 Å². The second-order valence-electron chi connectivity index (χ2n) is 9.23. The first-order valence-corrected chi connectivity index (χ1v) is 12.9. The number of thiazole rings is 1. The zero-order chi connectivity index (χ0) is 24.2. The third-order valence-corrected chi connectivity index (χ3v) is 7.32. The highest BCUT2D eigenvalue weighted by Gasteiger charge is 2.30. The molecule has 35 heavy (non-hydrogen) atoms. The van der Waals surface area contributed by atoms with Crippen LogP contribution in [0.1, 0.15) is 53.8 Å². The molecule has 8 nitrogen and oxygen atoms in total. The fraction of sp³-hybridized carbons (Fsp3) is 0.462. The molecule has 1 saturated heterocycles. The molecule has 0 radical (unpaired) electrons. The second-order valence-corrected chi connectivity index (χ2v) is 10.1. The van der Waals surface area contributed by atoms with E-state index in [1.165, 1.54) is 30.5 Å². The minimum absolute atomic E-state index is 0.0432. The van der Waals surface area contributed by atoms with E-state index in [4.69, 9.17) is 14.2 Å². The lowest BCUT2D eigenvalue weighted by Crippen LogP contribution is -2.26. The van der Waals surface area contributed by atoms with Crippen molar-refractivity contribution in [1.29, 1.82) is 0 Å². The number of nitrogens with zero attached hydrogens (tertiary/aromatic N) is 4. The van der Waals surface area contributed by atoms with Gasteiger partial charge in [-0.3, -0.25) is 9.78 Å². The molecule has 0 bridgehead atoms. The number of ketones is 1. The largest absolute Gasteiger partial charge is 0.489 e. The standard InChI is InChI=1S/C26H30N4O4S/c1-17(11-22(31)23-12-27-16-35-23)19-5-7-20(8-6-19)34-21-9-10-30(13-21)25-24(32-2)26(29-15-28-25)33-14-18-3-4-18/h5-8,12,15-18,21H,3-4,9-11,13-14H2,1-2H3/t17-,21-/m1/s1. The lowest BCUT2D eigenvalue weighted by Gasteiger charge is -2.21. The van der Waals surface area contributed by atoms with Gasteiger partial charge in [0.05, 0.1) is 30.6 Å². The Hall–Kier alpha value is -3.20. The molecule has 2 fully saturated rings. The van der Waals surface area contributed by atoms with Gasteiger partial charge in [-0.25, -0.2) is 4.98 Å². The summed E-state index contributed by atoms with van der Waals surface area (Å²) in [4.78, 5) is 28.0. The number of methoxy groups -OCH3 is 1. The van der Waals surface area contributed by atoms with Crippen molar-refractivity contribution in [1.82, 2.24) is 15.0 Å². The summed E-state index contributed by atoms with van der Waals surface area (Å²) in [7, 11) is 1.63. The molecule has 1 aromatic carbocycles. The van der Waals surface area contributed by atoms with Crippen molar-refractivity contribution in [3.05, 3.63) is 52.7 Å². The summed E-state index contributed by atoms with van der Waals surface area (Å²) >= 11 is 1.39. The predicted octanol–water partition coefficient (Wildman–Crippen LogP) is 4.76. The Morgan fingerprint density at radius 3 is 2.74 bits per heavy atom. The van der Waals surface area contributed by atoms with Gasteiger partial charge in [-0.05, 0) is 42.4 Å². The Morgan fingerprint density at radius 1 is 1.20 bits per heavy atom. The van der Waals surface area contributed by atoms with Gasteiger partial charge in [-0.1, -0.05) is 19.1 Å². The summed E-state index contributed by atoms with van der Waals surface area (Å²) in [6.07, 6.45) is 7.00. The predicted molar refractivity (Wildman–Crippen MR) is 134 cm³/mol. The monoisotopic (exact) mass is 494 g/mol. The molecule has 1 aliphatic carbocycles. The number of rotatable bonds is 11. The number of Topliss-reactive ketones (excluding diaryl/α,β-unsaturated/α-hetero) is 1. The first kappa shape index (κ1) is 23.5. The van der Waals surface area contributed by atoms with E-state index >= 15 is 0 Å². The van der Waals surface area contributed by atoms with Crippen LogP contribution in [0.2, 0.25) is 0 Å². The Kier molecular flexibility index (Phi) is 7.13. The Bertz CT molecular complexity index is 1130. The van der Waals surface area contributed by atoms with E-state index in [0.717, 1.165) is 30.1 Å². The highest BCUT2D eigenvalue weighted by molar-refractivity contribution is 7.11. The molecule has 2 aromatic heterocycles. The molecule has 2 atom stereocenters. The SMILES string of the molecule is COc1c(OCC2CC2)ncnc1N1CC[C@@H](Oc2ccc([C@H](C)CC(=O)c3cncs3)cc2)C1. The maximum Gasteiger partial charge on any atom is 0.262 e. The molecule has 3 aromatic rings. The molecule has 0 unspecified atom stereocenters. The molecular formula is C26H30N4O4S. The van der Waals surface area contributed by atoms with Crippen LogP contribution in [-0.2, 0) is 0 Å². The van der Waals surface area contributed by atoms with Crippen LogP contribution in [0.15, 0.2) is 42.3 Å². The normalized spacial score (nSPS) is 18.3. The Morgan fingerprint density at radius 2 is 2.03 bits per heavy atom. The van der Waals surface area contributed by atoms with Crippen LogP contribution < -0.4 is 19.1 Å². The number of carbonyl (C=O) groups excluding carboxylic acids is 1. The average Bonchev–Trinajstić information content (AvgIpc) is 3.32.